The van der Waals surface area contributed by atoms with E-state index in [1.807, 2.05) is 6.92 Å². The van der Waals surface area contributed by atoms with Gasteiger partial charge in [0.05, 0.1) is 6.61 Å². The maximum absolute atomic E-state index is 11.1. The van der Waals surface area contributed by atoms with E-state index in [9.17, 15) is 4.79 Å². The molecule has 0 aliphatic carbocycles. The van der Waals surface area contributed by atoms with Gasteiger partial charge in [0.25, 0.3) is 0 Å². The fraction of sp³-hybridized carbons (Fsp3) is 0.929. The van der Waals surface area contributed by atoms with Crippen LogP contribution in [0.2, 0.25) is 0 Å². The molecule has 0 heterocycles. The van der Waals surface area contributed by atoms with Gasteiger partial charge in [0.15, 0.2) is 0 Å². The summed E-state index contributed by atoms with van der Waals surface area (Å²) in [6, 6.07) is 0.556. The second-order valence-corrected chi connectivity index (χ2v) is 5.48. The largest absolute Gasteiger partial charge is 0.480 e. The first-order chi connectivity index (χ1) is 8.80. The number of aliphatic carboxylic acids is 1. The Bertz CT molecular complexity index is 265. The molecule has 0 aromatic carbocycles. The average molecular weight is 274 g/mol. The van der Waals surface area contributed by atoms with Gasteiger partial charge in [-0.3, -0.25) is 9.69 Å². The van der Waals surface area contributed by atoms with Crippen LogP contribution in [0.1, 0.15) is 47.0 Å². The van der Waals surface area contributed by atoms with Crippen LogP contribution in [-0.4, -0.2) is 53.9 Å². The molecule has 5 heteroatoms. The summed E-state index contributed by atoms with van der Waals surface area (Å²) in [5, 5.41) is 9.13. The van der Waals surface area contributed by atoms with Gasteiger partial charge in [0.2, 0.25) is 0 Å². The summed E-state index contributed by atoms with van der Waals surface area (Å²) in [6.07, 6.45) is 2.51. The van der Waals surface area contributed by atoms with Crippen LogP contribution < -0.4 is 5.73 Å². The lowest BCUT2D eigenvalue weighted by molar-refractivity contribution is -0.143. The van der Waals surface area contributed by atoms with Gasteiger partial charge in [-0.15, -0.1) is 0 Å². The van der Waals surface area contributed by atoms with E-state index in [1.54, 1.807) is 14.0 Å². The van der Waals surface area contributed by atoms with Crippen molar-refractivity contribution >= 4 is 5.97 Å². The standard InChI is InChI=1S/C14H30N2O3/c1-6-12(7-2)16(8-9-19-5)11(3)10-14(4,15)13(17)18/h11-12H,6-10,15H2,1-5H3,(H,17,18). The lowest BCUT2D eigenvalue weighted by Crippen LogP contribution is -2.52. The maximum Gasteiger partial charge on any atom is 0.323 e. The quantitative estimate of drug-likeness (QED) is 0.634. The van der Waals surface area contributed by atoms with E-state index in [1.165, 1.54) is 0 Å². The molecule has 3 N–H and O–H groups in total. The van der Waals surface area contributed by atoms with E-state index in [0.717, 1.165) is 19.4 Å². The molecule has 2 unspecified atom stereocenters. The molecular weight excluding hydrogens is 244 g/mol. The summed E-state index contributed by atoms with van der Waals surface area (Å²) in [5.74, 6) is -0.949. The Morgan fingerprint density at radius 1 is 1.42 bits per heavy atom. The molecule has 2 atom stereocenters. The van der Waals surface area contributed by atoms with Crippen LogP contribution in [0.15, 0.2) is 0 Å². The summed E-state index contributed by atoms with van der Waals surface area (Å²) >= 11 is 0. The Labute approximate surface area is 117 Å². The van der Waals surface area contributed by atoms with Crippen LogP contribution in [-0.2, 0) is 9.53 Å². The number of nitrogens with zero attached hydrogens (tertiary/aromatic N) is 1. The zero-order valence-electron chi connectivity index (χ0n) is 13.0. The van der Waals surface area contributed by atoms with E-state index in [4.69, 9.17) is 15.6 Å². The van der Waals surface area contributed by atoms with Gasteiger partial charge in [-0.25, -0.2) is 0 Å². The third-order valence-corrected chi connectivity index (χ3v) is 3.74. The van der Waals surface area contributed by atoms with E-state index in [-0.39, 0.29) is 6.04 Å². The molecule has 0 aromatic rings. The summed E-state index contributed by atoms with van der Waals surface area (Å²) < 4.78 is 5.15. The minimum absolute atomic E-state index is 0.117. The number of carbonyl (C=O) groups is 1. The van der Waals surface area contributed by atoms with Crippen molar-refractivity contribution in [3.8, 4) is 0 Å². The minimum Gasteiger partial charge on any atom is -0.480 e. The molecule has 0 amide bonds. The molecular formula is C14H30N2O3. The van der Waals surface area contributed by atoms with Crippen LogP contribution in [0.4, 0.5) is 0 Å². The second kappa shape index (κ2) is 8.51. The summed E-state index contributed by atoms with van der Waals surface area (Å²) in [6.45, 7) is 9.38. The summed E-state index contributed by atoms with van der Waals surface area (Å²) in [5.41, 5.74) is 4.67. The van der Waals surface area contributed by atoms with Crippen LogP contribution in [0.5, 0.6) is 0 Å². The Balaban J connectivity index is 4.79. The van der Waals surface area contributed by atoms with Crippen molar-refractivity contribution in [3.63, 3.8) is 0 Å². The third-order valence-electron chi connectivity index (χ3n) is 3.74. The van der Waals surface area contributed by atoms with E-state index in [2.05, 4.69) is 18.7 Å². The Kier molecular flexibility index (Phi) is 8.22. The molecule has 0 aliphatic heterocycles. The number of rotatable bonds is 10. The SMILES string of the molecule is CCC(CC)N(CCOC)C(C)CC(C)(N)C(=O)O. The van der Waals surface area contributed by atoms with Crippen LogP contribution in [0.3, 0.4) is 0 Å². The van der Waals surface area contributed by atoms with Crippen molar-refractivity contribution < 1.29 is 14.6 Å². The maximum atomic E-state index is 11.1. The van der Waals surface area contributed by atoms with Crippen molar-refractivity contribution in [2.24, 2.45) is 5.73 Å². The predicted octanol–water partition coefficient (Wildman–Crippen LogP) is 1.70. The normalized spacial score (nSPS) is 16.6. The number of carboxylic acid groups (broad SMARTS) is 1. The van der Waals surface area contributed by atoms with E-state index < -0.39 is 11.5 Å². The smallest absolute Gasteiger partial charge is 0.323 e. The topological polar surface area (TPSA) is 75.8 Å². The molecule has 114 valence electrons. The highest BCUT2D eigenvalue weighted by Gasteiger charge is 2.33. The molecule has 0 aromatic heterocycles. The van der Waals surface area contributed by atoms with Gasteiger partial charge < -0.3 is 15.6 Å². The molecule has 19 heavy (non-hydrogen) atoms. The Morgan fingerprint density at radius 2 is 1.95 bits per heavy atom. The van der Waals surface area contributed by atoms with E-state index >= 15 is 0 Å². The van der Waals surface area contributed by atoms with Gasteiger partial charge in [-0.2, -0.15) is 0 Å². The highest BCUT2D eigenvalue weighted by molar-refractivity contribution is 5.77. The fourth-order valence-electron chi connectivity index (χ4n) is 2.54. The lowest BCUT2D eigenvalue weighted by Gasteiger charge is -2.38. The van der Waals surface area contributed by atoms with E-state index in [0.29, 0.717) is 19.1 Å². The molecule has 0 bridgehead atoms. The fourth-order valence-corrected chi connectivity index (χ4v) is 2.54. The van der Waals surface area contributed by atoms with Crippen LogP contribution >= 0.6 is 0 Å². The minimum atomic E-state index is -1.18. The summed E-state index contributed by atoms with van der Waals surface area (Å²) in [4.78, 5) is 13.5. The highest BCUT2D eigenvalue weighted by Crippen LogP contribution is 2.19. The highest BCUT2D eigenvalue weighted by atomic mass is 16.5. The van der Waals surface area contributed by atoms with Gasteiger partial charge in [-0.1, -0.05) is 13.8 Å². The first kappa shape index (κ1) is 18.4. The van der Waals surface area contributed by atoms with Crippen molar-refractivity contribution in [1.29, 1.82) is 0 Å². The molecule has 0 rings (SSSR count). The van der Waals surface area contributed by atoms with Crippen molar-refractivity contribution in [3.05, 3.63) is 0 Å². The van der Waals surface area contributed by atoms with Crippen molar-refractivity contribution in [2.75, 3.05) is 20.3 Å². The number of carboxylic acids is 1. The Morgan fingerprint density at radius 3 is 2.32 bits per heavy atom. The molecule has 0 saturated carbocycles. The first-order valence-corrected chi connectivity index (χ1v) is 7.07. The number of ether oxygens (including phenoxy) is 1. The number of hydrogen-bond donors (Lipinski definition) is 2. The van der Waals surface area contributed by atoms with Gasteiger partial charge in [0.1, 0.15) is 5.54 Å². The second-order valence-electron chi connectivity index (χ2n) is 5.48. The predicted molar refractivity (Wildman–Crippen MR) is 77.3 cm³/mol. The average Bonchev–Trinajstić information content (AvgIpc) is 2.33. The number of hydrogen-bond acceptors (Lipinski definition) is 4. The van der Waals surface area contributed by atoms with Crippen molar-refractivity contribution in [1.82, 2.24) is 4.90 Å². The number of nitrogens with two attached hydrogens (primary N) is 1. The van der Waals surface area contributed by atoms with Gasteiger partial charge >= 0.3 is 5.97 Å². The van der Waals surface area contributed by atoms with Gasteiger partial charge in [-0.05, 0) is 33.1 Å². The molecule has 0 radical (unpaired) electrons. The molecule has 0 spiro atoms. The first-order valence-electron chi connectivity index (χ1n) is 7.07. The lowest BCUT2D eigenvalue weighted by atomic mass is 9.93. The molecule has 0 aliphatic rings. The molecule has 0 fully saturated rings. The molecule has 0 saturated heterocycles. The third kappa shape index (κ3) is 5.89. The zero-order valence-corrected chi connectivity index (χ0v) is 13.0. The van der Waals surface area contributed by atoms with Crippen molar-refractivity contribution in [2.45, 2.75) is 64.6 Å². The summed E-state index contributed by atoms with van der Waals surface area (Å²) in [7, 11) is 1.68. The molecule has 5 nitrogen and oxygen atoms in total. The van der Waals surface area contributed by atoms with Crippen LogP contribution in [0.25, 0.3) is 0 Å². The van der Waals surface area contributed by atoms with Crippen LogP contribution in [0, 0.1) is 0 Å². The zero-order chi connectivity index (χ0) is 15.1. The number of methoxy groups -OCH3 is 1. The monoisotopic (exact) mass is 274 g/mol. The Hall–Kier alpha value is -0.650. The van der Waals surface area contributed by atoms with Gasteiger partial charge in [0, 0.05) is 25.7 Å².